The lowest BCUT2D eigenvalue weighted by Gasteiger charge is -2.31. The molecule has 1 fully saturated rings. The van der Waals surface area contributed by atoms with Gasteiger partial charge in [0.25, 0.3) is 0 Å². The van der Waals surface area contributed by atoms with Crippen molar-refractivity contribution in [2.24, 2.45) is 10.9 Å². The lowest BCUT2D eigenvalue weighted by Crippen LogP contribution is -2.39. The van der Waals surface area contributed by atoms with Crippen LogP contribution in [0.2, 0.25) is 0 Å². The standard InChI is InChI=1S/C12H20N6O2/c1-2-3-11(19)17-6-4-9(5-7-17)18-8-10(14-16-18)12(13)15-20/h8-9,20H,2-7H2,1H3,(H2,13,15). The normalized spacial score (nSPS) is 17.4. The summed E-state index contributed by atoms with van der Waals surface area (Å²) in [5.74, 6) is 0.175. The number of carbonyl (C=O) groups excluding carboxylic acids is 1. The molecule has 1 aromatic rings. The van der Waals surface area contributed by atoms with E-state index in [2.05, 4.69) is 15.5 Å². The van der Waals surface area contributed by atoms with Gasteiger partial charge in [-0.05, 0) is 19.3 Å². The summed E-state index contributed by atoms with van der Waals surface area (Å²) in [5, 5.41) is 19.4. The molecule has 0 radical (unpaired) electrons. The third-order valence-electron chi connectivity index (χ3n) is 3.54. The van der Waals surface area contributed by atoms with Gasteiger partial charge in [0.05, 0.1) is 12.2 Å². The lowest BCUT2D eigenvalue weighted by molar-refractivity contribution is -0.132. The quantitative estimate of drug-likeness (QED) is 0.357. The topological polar surface area (TPSA) is 110 Å². The second-order valence-corrected chi connectivity index (χ2v) is 4.93. The number of nitrogens with two attached hydrogens (primary N) is 1. The van der Waals surface area contributed by atoms with E-state index in [1.54, 1.807) is 10.9 Å². The van der Waals surface area contributed by atoms with Crippen molar-refractivity contribution < 1.29 is 10.0 Å². The van der Waals surface area contributed by atoms with Gasteiger partial charge in [-0.1, -0.05) is 17.3 Å². The van der Waals surface area contributed by atoms with Crippen LogP contribution in [0.4, 0.5) is 0 Å². The van der Waals surface area contributed by atoms with Gasteiger partial charge in [0.1, 0.15) is 0 Å². The van der Waals surface area contributed by atoms with Gasteiger partial charge in [-0.2, -0.15) is 0 Å². The second kappa shape index (κ2) is 6.36. The Bertz CT molecular complexity index is 490. The van der Waals surface area contributed by atoms with Crippen LogP contribution in [0.5, 0.6) is 0 Å². The van der Waals surface area contributed by atoms with Crippen LogP contribution in [0.1, 0.15) is 44.3 Å². The molecule has 2 rings (SSSR count). The first-order chi connectivity index (χ1) is 9.65. The van der Waals surface area contributed by atoms with Crippen molar-refractivity contribution in [1.82, 2.24) is 19.9 Å². The Kier molecular flexibility index (Phi) is 4.54. The zero-order valence-corrected chi connectivity index (χ0v) is 11.6. The van der Waals surface area contributed by atoms with Crippen LogP contribution in [-0.4, -0.2) is 49.9 Å². The summed E-state index contributed by atoms with van der Waals surface area (Å²) in [4.78, 5) is 13.7. The predicted molar refractivity (Wildman–Crippen MR) is 72.3 cm³/mol. The van der Waals surface area contributed by atoms with Crippen molar-refractivity contribution in [2.75, 3.05) is 13.1 Å². The summed E-state index contributed by atoms with van der Waals surface area (Å²) in [6, 6.07) is 0.202. The molecule has 1 saturated heterocycles. The molecule has 0 bridgehead atoms. The van der Waals surface area contributed by atoms with Gasteiger partial charge in [-0.3, -0.25) is 4.79 Å². The van der Waals surface area contributed by atoms with Gasteiger partial charge in [0.2, 0.25) is 5.91 Å². The molecular weight excluding hydrogens is 260 g/mol. The molecule has 0 atom stereocenters. The molecule has 0 spiro atoms. The highest BCUT2D eigenvalue weighted by molar-refractivity contribution is 5.94. The van der Waals surface area contributed by atoms with Crippen LogP contribution in [0, 0.1) is 0 Å². The highest BCUT2D eigenvalue weighted by atomic mass is 16.4. The zero-order chi connectivity index (χ0) is 14.5. The monoisotopic (exact) mass is 280 g/mol. The number of amides is 1. The number of hydrogen-bond donors (Lipinski definition) is 2. The molecule has 2 heterocycles. The summed E-state index contributed by atoms with van der Waals surface area (Å²) in [7, 11) is 0. The van der Waals surface area contributed by atoms with Gasteiger partial charge in [-0.15, -0.1) is 5.10 Å². The molecule has 20 heavy (non-hydrogen) atoms. The molecule has 110 valence electrons. The third-order valence-corrected chi connectivity index (χ3v) is 3.54. The van der Waals surface area contributed by atoms with Crippen LogP contribution >= 0.6 is 0 Å². The van der Waals surface area contributed by atoms with E-state index in [-0.39, 0.29) is 17.8 Å². The Morgan fingerprint density at radius 3 is 2.85 bits per heavy atom. The van der Waals surface area contributed by atoms with Crippen LogP contribution in [0.3, 0.4) is 0 Å². The molecule has 1 aliphatic rings. The first-order valence-corrected chi connectivity index (χ1v) is 6.83. The number of nitrogens with zero attached hydrogens (tertiary/aromatic N) is 5. The highest BCUT2D eigenvalue weighted by Gasteiger charge is 2.24. The highest BCUT2D eigenvalue weighted by Crippen LogP contribution is 2.22. The van der Waals surface area contributed by atoms with E-state index in [1.165, 1.54) is 0 Å². The largest absolute Gasteiger partial charge is 0.409 e. The van der Waals surface area contributed by atoms with Crippen LogP contribution in [-0.2, 0) is 4.79 Å². The Morgan fingerprint density at radius 2 is 2.25 bits per heavy atom. The molecule has 0 unspecified atom stereocenters. The van der Waals surface area contributed by atoms with E-state index in [9.17, 15) is 4.79 Å². The van der Waals surface area contributed by atoms with Crippen LogP contribution in [0.25, 0.3) is 0 Å². The number of aromatic nitrogens is 3. The van der Waals surface area contributed by atoms with Gasteiger partial charge >= 0.3 is 0 Å². The number of oxime groups is 1. The maximum Gasteiger partial charge on any atom is 0.222 e. The van der Waals surface area contributed by atoms with Gasteiger partial charge in [-0.25, -0.2) is 4.68 Å². The smallest absolute Gasteiger partial charge is 0.222 e. The molecule has 1 aromatic heterocycles. The predicted octanol–water partition coefficient (Wildman–Crippen LogP) is 0.336. The minimum absolute atomic E-state index is 0.0493. The summed E-state index contributed by atoms with van der Waals surface area (Å²) in [6.07, 6.45) is 4.85. The average molecular weight is 280 g/mol. The fraction of sp³-hybridized carbons (Fsp3) is 0.667. The number of likely N-dealkylation sites (tertiary alicyclic amines) is 1. The average Bonchev–Trinajstić information content (AvgIpc) is 2.96. The molecule has 8 heteroatoms. The summed E-state index contributed by atoms with van der Waals surface area (Å²) in [5.41, 5.74) is 5.82. The Balaban J connectivity index is 1.94. The fourth-order valence-corrected chi connectivity index (χ4v) is 2.38. The van der Waals surface area contributed by atoms with Crippen LogP contribution < -0.4 is 5.73 Å². The van der Waals surface area contributed by atoms with E-state index in [1.807, 2.05) is 11.8 Å². The molecular formula is C12H20N6O2. The second-order valence-electron chi connectivity index (χ2n) is 4.93. The van der Waals surface area contributed by atoms with Crippen molar-refractivity contribution >= 4 is 11.7 Å². The number of hydrogen-bond acceptors (Lipinski definition) is 5. The molecule has 1 amide bonds. The lowest BCUT2D eigenvalue weighted by atomic mass is 10.0. The van der Waals surface area contributed by atoms with E-state index in [0.29, 0.717) is 12.1 Å². The SMILES string of the molecule is CCCC(=O)N1CCC(n2cc(/C(N)=N/O)nn2)CC1. The van der Waals surface area contributed by atoms with E-state index in [0.717, 1.165) is 32.4 Å². The number of carbonyl (C=O) groups is 1. The van der Waals surface area contributed by atoms with Gasteiger partial charge < -0.3 is 15.8 Å². The van der Waals surface area contributed by atoms with E-state index in [4.69, 9.17) is 10.9 Å². The fourth-order valence-electron chi connectivity index (χ4n) is 2.38. The third kappa shape index (κ3) is 3.06. The van der Waals surface area contributed by atoms with Gasteiger partial charge in [0, 0.05) is 19.5 Å². The molecule has 3 N–H and O–H groups in total. The van der Waals surface area contributed by atoms with Crippen molar-refractivity contribution in [1.29, 1.82) is 0 Å². The summed E-state index contributed by atoms with van der Waals surface area (Å²) < 4.78 is 1.73. The van der Waals surface area contributed by atoms with Crippen molar-refractivity contribution in [3.63, 3.8) is 0 Å². The first-order valence-electron chi connectivity index (χ1n) is 6.83. The Labute approximate surface area is 117 Å². The summed E-state index contributed by atoms with van der Waals surface area (Å²) in [6.45, 7) is 3.49. The maximum atomic E-state index is 11.8. The van der Waals surface area contributed by atoms with Crippen molar-refractivity contribution in [2.45, 2.75) is 38.6 Å². The van der Waals surface area contributed by atoms with Crippen LogP contribution in [0.15, 0.2) is 11.4 Å². The summed E-state index contributed by atoms with van der Waals surface area (Å²) >= 11 is 0. The molecule has 0 saturated carbocycles. The molecule has 0 aromatic carbocycles. The number of piperidine rings is 1. The molecule has 8 nitrogen and oxygen atoms in total. The van der Waals surface area contributed by atoms with Crippen molar-refractivity contribution in [3.05, 3.63) is 11.9 Å². The zero-order valence-electron chi connectivity index (χ0n) is 11.6. The maximum absolute atomic E-state index is 11.8. The molecule has 1 aliphatic heterocycles. The Morgan fingerprint density at radius 1 is 1.55 bits per heavy atom. The number of rotatable bonds is 4. The van der Waals surface area contributed by atoms with E-state index >= 15 is 0 Å². The number of amidine groups is 1. The minimum Gasteiger partial charge on any atom is -0.409 e. The first kappa shape index (κ1) is 14.3. The van der Waals surface area contributed by atoms with Crippen molar-refractivity contribution in [3.8, 4) is 0 Å². The van der Waals surface area contributed by atoms with E-state index < -0.39 is 0 Å². The van der Waals surface area contributed by atoms with Gasteiger partial charge in [0.15, 0.2) is 11.5 Å². The minimum atomic E-state index is -0.0493. The Hall–Kier alpha value is -2.12. The molecule has 0 aliphatic carbocycles.